The topological polar surface area (TPSA) is 89.1 Å². The van der Waals surface area contributed by atoms with Gasteiger partial charge in [0, 0.05) is 16.3 Å². The Kier molecular flexibility index (Phi) is 3.44. The Morgan fingerprint density at radius 1 is 1.00 bits per heavy atom. The Labute approximate surface area is 170 Å². The molecular weight excluding hydrogens is 380 g/mol. The summed E-state index contributed by atoms with van der Waals surface area (Å²) in [5.74, 6) is 0. The first kappa shape index (κ1) is 16.5. The van der Waals surface area contributed by atoms with Gasteiger partial charge >= 0.3 is 0 Å². The Morgan fingerprint density at radius 2 is 1.83 bits per heavy atom. The van der Waals surface area contributed by atoms with Gasteiger partial charge in [-0.2, -0.15) is 0 Å². The number of aromatic nitrogens is 3. The first-order valence-corrected chi connectivity index (χ1v) is 10.1. The lowest BCUT2D eigenvalue weighted by atomic mass is 9.98. The molecule has 4 heterocycles. The van der Waals surface area contributed by atoms with Crippen LogP contribution in [-0.2, 0) is 0 Å². The number of hydrogen-bond acceptors (Lipinski definition) is 7. The summed E-state index contributed by atoms with van der Waals surface area (Å²) in [6, 6.07) is 16.5. The fourth-order valence-corrected chi connectivity index (χ4v) is 4.99. The quantitative estimate of drug-likeness (QED) is 0.398. The van der Waals surface area contributed by atoms with Gasteiger partial charge in [-0.3, -0.25) is 4.99 Å². The number of aryl methyl sites for hydroxylation is 1. The number of thiophene rings is 1. The van der Waals surface area contributed by atoms with Crippen molar-refractivity contribution in [1.29, 1.82) is 0 Å². The number of fused-ring (bicyclic) bond motifs is 6. The number of rotatable bonds is 1. The summed E-state index contributed by atoms with van der Waals surface area (Å²) < 4.78 is 0. The molecule has 2 aromatic carbocycles. The molecule has 3 aromatic heterocycles. The van der Waals surface area contributed by atoms with Crippen LogP contribution < -0.4 is 11.1 Å². The number of aliphatic imine (C=N–C) groups is 1. The molecule has 0 saturated heterocycles. The number of nitrogens with one attached hydrogen (secondary N) is 1. The summed E-state index contributed by atoms with van der Waals surface area (Å²) in [5.41, 5.74) is 13.0. The van der Waals surface area contributed by atoms with Gasteiger partial charge in [0.15, 0.2) is 0 Å². The summed E-state index contributed by atoms with van der Waals surface area (Å²) in [5, 5.41) is 14.4. The summed E-state index contributed by atoms with van der Waals surface area (Å²) in [6.45, 7) is 2.08. The molecule has 0 radical (unpaired) electrons. The van der Waals surface area contributed by atoms with Gasteiger partial charge in [0.1, 0.15) is 22.0 Å². The summed E-state index contributed by atoms with van der Waals surface area (Å²) in [4.78, 5) is 11.2. The highest BCUT2D eigenvalue weighted by Crippen LogP contribution is 2.46. The van der Waals surface area contributed by atoms with Gasteiger partial charge < -0.3 is 11.1 Å². The van der Waals surface area contributed by atoms with E-state index < -0.39 is 0 Å². The van der Waals surface area contributed by atoms with Crippen LogP contribution in [0.3, 0.4) is 0 Å². The molecule has 140 valence electrons. The van der Waals surface area contributed by atoms with E-state index in [4.69, 9.17) is 10.7 Å². The molecule has 1 unspecified atom stereocenters. The lowest BCUT2D eigenvalue weighted by molar-refractivity contribution is 0.793. The molecule has 1 aliphatic rings. The van der Waals surface area contributed by atoms with Gasteiger partial charge in [0.25, 0.3) is 0 Å². The third-order valence-electron chi connectivity index (χ3n) is 5.31. The largest absolute Gasteiger partial charge is 0.345 e. The number of nitrogens with two attached hydrogens (primary N) is 1. The van der Waals surface area contributed by atoms with E-state index in [0.717, 1.165) is 53.8 Å². The maximum Gasteiger partial charge on any atom is 0.136 e. The number of hydrogen-bond donors (Lipinski definition) is 2. The SMILES string of the molecule is Cc1ccc(-c2c3nnc4ccccc4c3nc3sc4c(c23)NC=NC4N)cc1. The highest BCUT2D eigenvalue weighted by Gasteiger charge is 2.26. The van der Waals surface area contributed by atoms with Crippen molar-refractivity contribution in [2.45, 2.75) is 13.1 Å². The van der Waals surface area contributed by atoms with E-state index in [-0.39, 0.29) is 6.17 Å². The molecular formula is C22H16N6S. The van der Waals surface area contributed by atoms with E-state index in [1.807, 2.05) is 24.3 Å². The van der Waals surface area contributed by atoms with Gasteiger partial charge in [0.2, 0.25) is 0 Å². The Bertz CT molecular complexity index is 1450. The molecule has 0 aliphatic carbocycles. The molecule has 7 heteroatoms. The summed E-state index contributed by atoms with van der Waals surface area (Å²) >= 11 is 1.58. The van der Waals surface area contributed by atoms with Crippen LogP contribution in [0.1, 0.15) is 16.6 Å². The molecule has 1 aliphatic heterocycles. The minimum atomic E-state index is -0.387. The normalized spacial score (nSPS) is 15.7. The fraction of sp³-hybridized carbons (Fsp3) is 0.0909. The van der Waals surface area contributed by atoms with Crippen molar-refractivity contribution in [1.82, 2.24) is 15.2 Å². The molecule has 1 atom stereocenters. The Hall–Kier alpha value is -3.42. The summed E-state index contributed by atoms with van der Waals surface area (Å²) in [6.07, 6.45) is 1.27. The maximum atomic E-state index is 6.25. The third kappa shape index (κ3) is 2.38. The first-order chi connectivity index (χ1) is 14.2. The average Bonchev–Trinajstić information content (AvgIpc) is 3.12. The summed E-state index contributed by atoms with van der Waals surface area (Å²) in [7, 11) is 0. The molecule has 6 nitrogen and oxygen atoms in total. The van der Waals surface area contributed by atoms with Crippen LogP contribution >= 0.6 is 11.3 Å². The zero-order valence-electron chi connectivity index (χ0n) is 15.5. The van der Waals surface area contributed by atoms with Gasteiger partial charge in [-0.15, -0.1) is 21.5 Å². The van der Waals surface area contributed by atoms with Crippen molar-refractivity contribution < 1.29 is 0 Å². The molecule has 29 heavy (non-hydrogen) atoms. The number of anilines is 1. The number of pyridine rings is 1. The minimum absolute atomic E-state index is 0.387. The molecule has 0 bridgehead atoms. The van der Waals surface area contributed by atoms with E-state index >= 15 is 0 Å². The molecule has 3 N–H and O–H groups in total. The van der Waals surface area contributed by atoms with Crippen molar-refractivity contribution in [2.75, 3.05) is 5.32 Å². The second-order valence-corrected chi connectivity index (χ2v) is 8.19. The second-order valence-electron chi connectivity index (χ2n) is 7.16. The molecule has 0 saturated carbocycles. The lowest BCUT2D eigenvalue weighted by Crippen LogP contribution is -2.14. The van der Waals surface area contributed by atoms with Crippen molar-refractivity contribution in [3.05, 3.63) is 59.0 Å². The minimum Gasteiger partial charge on any atom is -0.345 e. The number of nitrogens with zero attached hydrogens (tertiary/aromatic N) is 4. The van der Waals surface area contributed by atoms with Crippen molar-refractivity contribution in [3.63, 3.8) is 0 Å². The van der Waals surface area contributed by atoms with Gasteiger partial charge in [0.05, 0.1) is 22.4 Å². The van der Waals surface area contributed by atoms with E-state index in [1.54, 1.807) is 17.7 Å². The molecule has 6 rings (SSSR count). The monoisotopic (exact) mass is 396 g/mol. The maximum absolute atomic E-state index is 6.25. The predicted molar refractivity (Wildman–Crippen MR) is 119 cm³/mol. The molecule has 0 amide bonds. The van der Waals surface area contributed by atoms with Gasteiger partial charge in [-0.25, -0.2) is 4.98 Å². The van der Waals surface area contributed by atoms with Crippen LogP contribution in [0.4, 0.5) is 5.69 Å². The van der Waals surface area contributed by atoms with Crippen molar-refractivity contribution in [2.24, 2.45) is 10.7 Å². The van der Waals surface area contributed by atoms with Gasteiger partial charge in [-0.05, 0) is 18.6 Å². The predicted octanol–water partition coefficient (Wildman–Crippen LogP) is 4.78. The first-order valence-electron chi connectivity index (χ1n) is 9.33. The van der Waals surface area contributed by atoms with Crippen LogP contribution in [0.5, 0.6) is 0 Å². The Balaban J connectivity index is 1.83. The van der Waals surface area contributed by atoms with Crippen LogP contribution in [0.15, 0.2) is 53.5 Å². The van der Waals surface area contributed by atoms with Crippen LogP contribution in [-0.4, -0.2) is 21.5 Å². The highest BCUT2D eigenvalue weighted by molar-refractivity contribution is 7.19. The standard InChI is InChI=1S/C22H16N6S/c1-11-6-8-12(9-7-11)15-16-19-20(21(23)25-10-24-19)29-22(16)26-17-13-4-2-3-5-14(13)27-28-18(15)17/h2-10,21H,23H2,1H3,(H,24,25). The fourth-order valence-electron chi connectivity index (χ4n) is 3.89. The van der Waals surface area contributed by atoms with Crippen LogP contribution in [0, 0.1) is 6.92 Å². The van der Waals surface area contributed by atoms with Crippen LogP contribution in [0.25, 0.3) is 43.3 Å². The van der Waals surface area contributed by atoms with E-state index in [0.29, 0.717) is 0 Å². The highest BCUT2D eigenvalue weighted by atomic mass is 32.1. The molecule has 0 fully saturated rings. The third-order valence-corrected chi connectivity index (χ3v) is 6.47. The van der Waals surface area contributed by atoms with E-state index in [2.05, 4.69) is 51.7 Å². The second kappa shape index (κ2) is 6.04. The van der Waals surface area contributed by atoms with Crippen molar-refractivity contribution in [3.8, 4) is 11.1 Å². The van der Waals surface area contributed by atoms with Crippen molar-refractivity contribution >= 4 is 55.5 Å². The average molecular weight is 396 g/mol. The zero-order chi connectivity index (χ0) is 19.5. The number of benzene rings is 2. The lowest BCUT2D eigenvalue weighted by Gasteiger charge is -2.15. The van der Waals surface area contributed by atoms with E-state index in [9.17, 15) is 0 Å². The smallest absolute Gasteiger partial charge is 0.136 e. The molecule has 0 spiro atoms. The van der Waals surface area contributed by atoms with E-state index in [1.165, 1.54) is 5.56 Å². The Morgan fingerprint density at radius 3 is 2.69 bits per heavy atom. The molecule has 5 aromatic rings. The zero-order valence-corrected chi connectivity index (χ0v) is 16.4. The van der Waals surface area contributed by atoms with Crippen LogP contribution in [0.2, 0.25) is 0 Å². The van der Waals surface area contributed by atoms with Gasteiger partial charge in [-0.1, -0.05) is 48.0 Å².